The zero-order valence-electron chi connectivity index (χ0n) is 7.17. The molecule has 0 atom stereocenters. The molecular formula is C7H16N4. The monoisotopic (exact) mass is 156 g/mol. The fourth-order valence-corrected chi connectivity index (χ4v) is 0.488. The first-order chi connectivity index (χ1) is 5.35. The van der Waals surface area contributed by atoms with Crippen molar-refractivity contribution in [2.24, 2.45) is 5.73 Å². The molecule has 1 aromatic heterocycles. The van der Waals surface area contributed by atoms with Crippen LogP contribution in [0.1, 0.15) is 26.1 Å². The van der Waals surface area contributed by atoms with Crippen molar-refractivity contribution in [2.75, 3.05) is 6.54 Å². The lowest BCUT2D eigenvalue weighted by molar-refractivity contribution is 0.874. The van der Waals surface area contributed by atoms with Crippen molar-refractivity contribution in [3.63, 3.8) is 0 Å². The van der Waals surface area contributed by atoms with E-state index in [0.29, 0.717) is 6.54 Å². The number of nitrogens with one attached hydrogen (secondary N) is 1. The molecule has 1 heterocycles. The molecule has 0 unspecified atom stereocenters. The van der Waals surface area contributed by atoms with Gasteiger partial charge < -0.3 is 5.73 Å². The van der Waals surface area contributed by atoms with E-state index in [1.807, 2.05) is 0 Å². The normalized spacial score (nSPS) is 8.64. The van der Waals surface area contributed by atoms with Gasteiger partial charge in [-0.25, -0.2) is 4.98 Å². The number of aromatic nitrogens is 3. The summed E-state index contributed by atoms with van der Waals surface area (Å²) in [5.41, 5.74) is 5.23. The number of nitrogens with two attached hydrogens (primary N) is 1. The van der Waals surface area contributed by atoms with Gasteiger partial charge in [-0.3, -0.25) is 5.10 Å². The number of hydrogen-bond donors (Lipinski definition) is 2. The van der Waals surface area contributed by atoms with Gasteiger partial charge in [0.05, 0.1) is 0 Å². The number of H-pyrrole nitrogens is 1. The Labute approximate surface area is 67.2 Å². The Morgan fingerprint density at radius 3 is 2.55 bits per heavy atom. The van der Waals surface area contributed by atoms with Crippen molar-refractivity contribution in [2.45, 2.75) is 26.7 Å². The van der Waals surface area contributed by atoms with E-state index >= 15 is 0 Å². The Bertz CT molecular complexity index is 147. The van der Waals surface area contributed by atoms with Crippen LogP contribution in [0.15, 0.2) is 6.33 Å². The van der Waals surface area contributed by atoms with Crippen LogP contribution in [0.3, 0.4) is 0 Å². The Balaban J connectivity index is 0.000000292. The second-order valence-electron chi connectivity index (χ2n) is 2.18. The van der Waals surface area contributed by atoms with Gasteiger partial charge in [-0.2, -0.15) is 5.10 Å². The average Bonchev–Trinajstić information content (AvgIpc) is 2.42. The highest BCUT2D eigenvalue weighted by atomic mass is 15.2. The highest BCUT2D eigenvalue weighted by Gasteiger charge is 1.88. The summed E-state index contributed by atoms with van der Waals surface area (Å²) in [6.45, 7) is 4.87. The van der Waals surface area contributed by atoms with Crippen LogP contribution in [-0.4, -0.2) is 21.7 Å². The first-order valence-corrected chi connectivity index (χ1v) is 3.89. The van der Waals surface area contributed by atoms with Crippen LogP contribution >= 0.6 is 0 Å². The molecule has 4 nitrogen and oxygen atoms in total. The summed E-state index contributed by atoms with van der Waals surface area (Å²) in [5.74, 6) is 0.854. The SMILES string of the molecule is CCC.NCCc1ncn[nH]1. The Kier molecular flexibility index (Phi) is 6.62. The van der Waals surface area contributed by atoms with Crippen LogP contribution in [0, 0.1) is 0 Å². The predicted octanol–water partition coefficient (Wildman–Crippen LogP) is 0.722. The third-order valence-corrected chi connectivity index (χ3v) is 0.846. The van der Waals surface area contributed by atoms with E-state index in [2.05, 4.69) is 29.0 Å². The standard InChI is InChI=1S/C4H8N4.C3H8/c5-2-1-4-6-3-7-8-4;1-3-2/h3H,1-2,5H2,(H,6,7,8);3H2,1-2H3. The molecule has 0 aliphatic rings. The van der Waals surface area contributed by atoms with Crippen LogP contribution in [-0.2, 0) is 6.42 Å². The quantitative estimate of drug-likeness (QED) is 0.663. The van der Waals surface area contributed by atoms with E-state index in [-0.39, 0.29) is 0 Å². The molecule has 1 rings (SSSR count). The minimum Gasteiger partial charge on any atom is -0.330 e. The van der Waals surface area contributed by atoms with Crippen molar-refractivity contribution in [1.29, 1.82) is 0 Å². The summed E-state index contributed by atoms with van der Waals surface area (Å²) in [6, 6.07) is 0. The molecule has 11 heavy (non-hydrogen) atoms. The molecule has 0 aliphatic heterocycles. The van der Waals surface area contributed by atoms with Crippen LogP contribution in [0.4, 0.5) is 0 Å². The smallest absolute Gasteiger partial charge is 0.137 e. The van der Waals surface area contributed by atoms with Crippen LogP contribution in [0.25, 0.3) is 0 Å². The first-order valence-electron chi connectivity index (χ1n) is 3.89. The number of nitrogens with zero attached hydrogens (tertiary/aromatic N) is 2. The molecule has 0 saturated heterocycles. The van der Waals surface area contributed by atoms with Crippen LogP contribution < -0.4 is 5.73 Å². The van der Waals surface area contributed by atoms with Crippen molar-refractivity contribution in [3.8, 4) is 0 Å². The zero-order valence-corrected chi connectivity index (χ0v) is 7.17. The van der Waals surface area contributed by atoms with Crippen LogP contribution in [0.5, 0.6) is 0 Å². The van der Waals surface area contributed by atoms with E-state index in [1.54, 1.807) is 0 Å². The zero-order chi connectivity index (χ0) is 8.53. The molecule has 0 saturated carbocycles. The van der Waals surface area contributed by atoms with E-state index in [1.165, 1.54) is 12.7 Å². The number of aromatic amines is 1. The lowest BCUT2D eigenvalue weighted by Crippen LogP contribution is -2.03. The highest BCUT2D eigenvalue weighted by Crippen LogP contribution is 1.82. The summed E-state index contributed by atoms with van der Waals surface area (Å²) in [6.07, 6.45) is 3.50. The lowest BCUT2D eigenvalue weighted by atomic mass is 10.4. The van der Waals surface area contributed by atoms with Gasteiger partial charge in [0, 0.05) is 6.42 Å². The lowest BCUT2D eigenvalue weighted by Gasteiger charge is -1.84. The summed E-state index contributed by atoms with van der Waals surface area (Å²) >= 11 is 0. The molecule has 0 aliphatic carbocycles. The van der Waals surface area contributed by atoms with Crippen molar-refractivity contribution < 1.29 is 0 Å². The molecule has 0 spiro atoms. The summed E-state index contributed by atoms with van der Waals surface area (Å²) in [4.78, 5) is 3.86. The van der Waals surface area contributed by atoms with Gasteiger partial charge in [0.25, 0.3) is 0 Å². The Morgan fingerprint density at radius 2 is 2.18 bits per heavy atom. The van der Waals surface area contributed by atoms with Gasteiger partial charge in [0.1, 0.15) is 12.2 Å². The molecule has 0 radical (unpaired) electrons. The van der Waals surface area contributed by atoms with Crippen molar-refractivity contribution >= 4 is 0 Å². The number of rotatable bonds is 2. The maximum atomic E-state index is 5.23. The third-order valence-electron chi connectivity index (χ3n) is 0.846. The van der Waals surface area contributed by atoms with E-state index in [4.69, 9.17) is 5.73 Å². The van der Waals surface area contributed by atoms with Gasteiger partial charge in [-0.1, -0.05) is 20.3 Å². The number of hydrogen-bond acceptors (Lipinski definition) is 3. The van der Waals surface area contributed by atoms with Gasteiger partial charge >= 0.3 is 0 Å². The maximum absolute atomic E-state index is 5.23. The molecular weight excluding hydrogens is 140 g/mol. The summed E-state index contributed by atoms with van der Waals surface area (Å²) < 4.78 is 0. The van der Waals surface area contributed by atoms with Gasteiger partial charge in [0.15, 0.2) is 0 Å². The van der Waals surface area contributed by atoms with E-state index in [0.717, 1.165) is 12.2 Å². The predicted molar refractivity (Wildman–Crippen MR) is 45.1 cm³/mol. The van der Waals surface area contributed by atoms with Gasteiger partial charge in [-0.15, -0.1) is 0 Å². The summed E-state index contributed by atoms with van der Waals surface area (Å²) in [5, 5.41) is 6.35. The van der Waals surface area contributed by atoms with E-state index < -0.39 is 0 Å². The van der Waals surface area contributed by atoms with Gasteiger partial charge in [-0.05, 0) is 6.54 Å². The first kappa shape index (κ1) is 10.1. The minimum absolute atomic E-state index is 0.620. The molecule has 0 amide bonds. The molecule has 64 valence electrons. The van der Waals surface area contributed by atoms with Crippen LogP contribution in [0.2, 0.25) is 0 Å². The average molecular weight is 156 g/mol. The highest BCUT2D eigenvalue weighted by molar-refractivity contribution is 4.79. The molecule has 0 aromatic carbocycles. The topological polar surface area (TPSA) is 67.6 Å². The van der Waals surface area contributed by atoms with Gasteiger partial charge in [0.2, 0.25) is 0 Å². The molecule has 0 fully saturated rings. The fourth-order valence-electron chi connectivity index (χ4n) is 0.488. The molecule has 0 bridgehead atoms. The Morgan fingerprint density at radius 1 is 1.55 bits per heavy atom. The second kappa shape index (κ2) is 7.21. The van der Waals surface area contributed by atoms with Crippen molar-refractivity contribution in [3.05, 3.63) is 12.2 Å². The molecule has 4 heteroatoms. The van der Waals surface area contributed by atoms with E-state index in [9.17, 15) is 0 Å². The molecule has 1 aromatic rings. The second-order valence-corrected chi connectivity index (χ2v) is 2.18. The maximum Gasteiger partial charge on any atom is 0.137 e. The molecule has 3 N–H and O–H groups in total. The summed E-state index contributed by atoms with van der Waals surface area (Å²) in [7, 11) is 0. The Hall–Kier alpha value is -0.900. The largest absolute Gasteiger partial charge is 0.330 e. The van der Waals surface area contributed by atoms with Crippen molar-refractivity contribution in [1.82, 2.24) is 15.2 Å². The fraction of sp³-hybridized carbons (Fsp3) is 0.714. The minimum atomic E-state index is 0.620. The third kappa shape index (κ3) is 5.54.